The van der Waals surface area contributed by atoms with Crippen LogP contribution in [0.25, 0.3) is 0 Å². The fourth-order valence-corrected chi connectivity index (χ4v) is 2.86. The zero-order chi connectivity index (χ0) is 16.2. The predicted octanol–water partition coefficient (Wildman–Crippen LogP) is 3.22. The first-order chi connectivity index (χ1) is 11.2. The van der Waals surface area contributed by atoms with Crippen molar-refractivity contribution in [3.63, 3.8) is 0 Å². The highest BCUT2D eigenvalue weighted by atomic mass is 35.5. The number of benzene rings is 2. The molecule has 0 fully saturated rings. The number of methoxy groups -OCH3 is 1. The number of ether oxygens (including phenoxy) is 2. The second-order valence-corrected chi connectivity index (χ2v) is 5.97. The maximum Gasteiger partial charge on any atom is 0.227 e. The van der Waals surface area contributed by atoms with Crippen molar-refractivity contribution < 1.29 is 14.3 Å². The number of hydrogen-bond donors (Lipinski definition) is 1. The Hall–Kier alpha value is -2.20. The molecule has 1 N–H and O–H groups in total. The van der Waals surface area contributed by atoms with Gasteiger partial charge in [-0.15, -0.1) is 0 Å². The normalized spacial score (nSPS) is 16.2. The molecule has 3 rings (SSSR count). The number of rotatable bonds is 4. The van der Waals surface area contributed by atoms with E-state index in [1.807, 2.05) is 42.5 Å². The minimum absolute atomic E-state index is 0.0153. The van der Waals surface area contributed by atoms with Gasteiger partial charge < -0.3 is 14.8 Å². The Bertz CT molecular complexity index is 717. The molecular formula is C18H18ClNO3. The molecule has 4 nitrogen and oxygen atoms in total. The summed E-state index contributed by atoms with van der Waals surface area (Å²) in [4.78, 5) is 12.4. The minimum Gasteiger partial charge on any atom is -0.497 e. The summed E-state index contributed by atoms with van der Waals surface area (Å²) in [5.74, 6) is 1.38. The second-order valence-electron chi connectivity index (χ2n) is 5.53. The molecule has 1 amide bonds. The van der Waals surface area contributed by atoms with E-state index in [1.165, 1.54) is 0 Å². The average Bonchev–Trinajstić information content (AvgIpc) is 2.58. The molecule has 0 spiro atoms. The van der Waals surface area contributed by atoms with Crippen LogP contribution in [0.1, 0.15) is 11.1 Å². The third-order valence-corrected chi connectivity index (χ3v) is 4.14. The van der Waals surface area contributed by atoms with Gasteiger partial charge in [-0.25, -0.2) is 0 Å². The van der Waals surface area contributed by atoms with E-state index in [-0.39, 0.29) is 11.8 Å². The molecule has 1 heterocycles. The van der Waals surface area contributed by atoms with Crippen LogP contribution in [0.2, 0.25) is 5.02 Å². The number of carbonyl (C=O) groups is 1. The lowest BCUT2D eigenvalue weighted by atomic mass is 9.95. The molecule has 0 bridgehead atoms. The topological polar surface area (TPSA) is 47.6 Å². The summed E-state index contributed by atoms with van der Waals surface area (Å²) >= 11 is 5.95. The van der Waals surface area contributed by atoms with Crippen LogP contribution < -0.4 is 14.8 Å². The van der Waals surface area contributed by atoms with Gasteiger partial charge in [0.15, 0.2) is 0 Å². The van der Waals surface area contributed by atoms with Crippen LogP contribution in [-0.4, -0.2) is 19.6 Å². The third-order valence-electron chi connectivity index (χ3n) is 3.90. The number of fused-ring (bicyclic) bond motifs is 1. The van der Waals surface area contributed by atoms with Gasteiger partial charge in [0.25, 0.3) is 0 Å². The molecule has 0 aromatic heterocycles. The zero-order valence-electron chi connectivity index (χ0n) is 12.8. The standard InChI is InChI=1S/C18H18ClNO3/c1-22-16-5-6-17-13(9-16)8-14(11-23-17)18(21)20-10-12-3-2-4-15(19)7-12/h2-7,9,14H,8,10-11H2,1H3,(H,20,21)/t14-/m0/s1. The van der Waals surface area contributed by atoms with E-state index in [0.29, 0.717) is 24.6 Å². The summed E-state index contributed by atoms with van der Waals surface area (Å²) in [7, 11) is 1.63. The largest absolute Gasteiger partial charge is 0.497 e. The van der Waals surface area contributed by atoms with Crippen LogP contribution >= 0.6 is 11.6 Å². The Morgan fingerprint density at radius 2 is 2.22 bits per heavy atom. The summed E-state index contributed by atoms with van der Waals surface area (Å²) in [5.41, 5.74) is 1.98. The lowest BCUT2D eigenvalue weighted by Crippen LogP contribution is -2.37. The maximum absolute atomic E-state index is 12.4. The van der Waals surface area contributed by atoms with Crippen molar-refractivity contribution in [2.75, 3.05) is 13.7 Å². The lowest BCUT2D eigenvalue weighted by Gasteiger charge is -2.25. The molecule has 0 saturated carbocycles. The van der Waals surface area contributed by atoms with Crippen LogP contribution in [0.3, 0.4) is 0 Å². The smallest absolute Gasteiger partial charge is 0.227 e. The van der Waals surface area contributed by atoms with Crippen LogP contribution in [0.5, 0.6) is 11.5 Å². The first-order valence-electron chi connectivity index (χ1n) is 7.47. The van der Waals surface area contributed by atoms with Gasteiger partial charge in [0.1, 0.15) is 18.1 Å². The fraction of sp³-hybridized carbons (Fsp3) is 0.278. The van der Waals surface area contributed by atoms with Crippen molar-refractivity contribution in [2.24, 2.45) is 5.92 Å². The summed E-state index contributed by atoms with van der Waals surface area (Å²) in [6.07, 6.45) is 0.647. The first-order valence-corrected chi connectivity index (χ1v) is 7.85. The van der Waals surface area contributed by atoms with E-state index in [1.54, 1.807) is 7.11 Å². The van der Waals surface area contributed by atoms with Crippen molar-refractivity contribution in [3.05, 3.63) is 58.6 Å². The van der Waals surface area contributed by atoms with Crippen LogP contribution in [-0.2, 0) is 17.8 Å². The summed E-state index contributed by atoms with van der Waals surface area (Å²) in [5, 5.41) is 3.61. The van der Waals surface area contributed by atoms with E-state index in [9.17, 15) is 4.79 Å². The Labute approximate surface area is 140 Å². The quantitative estimate of drug-likeness (QED) is 0.935. The number of hydrogen-bond acceptors (Lipinski definition) is 3. The van der Waals surface area contributed by atoms with Gasteiger partial charge >= 0.3 is 0 Å². The number of carbonyl (C=O) groups excluding carboxylic acids is 1. The highest BCUT2D eigenvalue weighted by molar-refractivity contribution is 6.30. The van der Waals surface area contributed by atoms with Gasteiger partial charge in [0, 0.05) is 11.6 Å². The Kier molecular flexibility index (Phi) is 4.72. The Morgan fingerprint density at radius 1 is 1.35 bits per heavy atom. The molecule has 0 saturated heterocycles. The molecule has 0 aliphatic carbocycles. The van der Waals surface area contributed by atoms with E-state index in [2.05, 4.69) is 5.32 Å². The fourth-order valence-electron chi connectivity index (χ4n) is 2.65. The molecule has 2 aromatic carbocycles. The molecule has 1 atom stereocenters. The number of amides is 1. The minimum atomic E-state index is -0.200. The number of nitrogens with one attached hydrogen (secondary N) is 1. The lowest BCUT2D eigenvalue weighted by molar-refractivity contribution is -0.126. The molecule has 1 aliphatic rings. The van der Waals surface area contributed by atoms with Crippen molar-refractivity contribution in [1.82, 2.24) is 5.32 Å². The number of halogens is 1. The van der Waals surface area contributed by atoms with Gasteiger partial charge in [0.05, 0.1) is 13.0 Å². The predicted molar refractivity (Wildman–Crippen MR) is 89.0 cm³/mol. The van der Waals surface area contributed by atoms with Gasteiger partial charge in [-0.05, 0) is 47.9 Å². The van der Waals surface area contributed by atoms with Crippen LogP contribution in [0.15, 0.2) is 42.5 Å². The van der Waals surface area contributed by atoms with Crippen LogP contribution in [0, 0.1) is 5.92 Å². The molecule has 23 heavy (non-hydrogen) atoms. The van der Waals surface area contributed by atoms with Crippen molar-refractivity contribution >= 4 is 17.5 Å². The zero-order valence-corrected chi connectivity index (χ0v) is 13.6. The molecule has 0 unspecified atom stereocenters. The van der Waals surface area contributed by atoms with Gasteiger partial charge in [-0.2, -0.15) is 0 Å². The monoisotopic (exact) mass is 331 g/mol. The summed E-state index contributed by atoms with van der Waals surface area (Å²) < 4.78 is 10.9. The van der Waals surface area contributed by atoms with Crippen molar-refractivity contribution in [1.29, 1.82) is 0 Å². The first kappa shape index (κ1) is 15.7. The van der Waals surface area contributed by atoms with E-state index < -0.39 is 0 Å². The molecule has 2 aromatic rings. The van der Waals surface area contributed by atoms with E-state index in [0.717, 1.165) is 22.6 Å². The van der Waals surface area contributed by atoms with Gasteiger partial charge in [-0.3, -0.25) is 4.79 Å². The van der Waals surface area contributed by atoms with Gasteiger partial charge in [-0.1, -0.05) is 23.7 Å². The van der Waals surface area contributed by atoms with Crippen molar-refractivity contribution in [3.8, 4) is 11.5 Å². The van der Waals surface area contributed by atoms with E-state index in [4.69, 9.17) is 21.1 Å². The highest BCUT2D eigenvalue weighted by Gasteiger charge is 2.26. The molecule has 1 aliphatic heterocycles. The Morgan fingerprint density at radius 3 is 3.00 bits per heavy atom. The van der Waals surface area contributed by atoms with Crippen LogP contribution in [0.4, 0.5) is 0 Å². The third kappa shape index (κ3) is 3.77. The second kappa shape index (κ2) is 6.92. The molecular weight excluding hydrogens is 314 g/mol. The Balaban J connectivity index is 1.62. The van der Waals surface area contributed by atoms with Gasteiger partial charge in [0.2, 0.25) is 5.91 Å². The molecule has 0 radical (unpaired) electrons. The summed E-state index contributed by atoms with van der Waals surface area (Å²) in [6, 6.07) is 13.1. The van der Waals surface area contributed by atoms with Crippen molar-refractivity contribution in [2.45, 2.75) is 13.0 Å². The maximum atomic E-state index is 12.4. The van der Waals surface area contributed by atoms with E-state index >= 15 is 0 Å². The highest BCUT2D eigenvalue weighted by Crippen LogP contribution is 2.30. The summed E-state index contributed by atoms with van der Waals surface area (Å²) in [6.45, 7) is 0.849. The SMILES string of the molecule is COc1ccc2c(c1)C[C@H](C(=O)NCc1cccc(Cl)c1)CO2. The molecule has 5 heteroatoms. The molecule has 120 valence electrons. The average molecular weight is 332 g/mol.